The second kappa shape index (κ2) is 9.44. The van der Waals surface area contributed by atoms with Gasteiger partial charge in [0.15, 0.2) is 0 Å². The summed E-state index contributed by atoms with van der Waals surface area (Å²) in [7, 11) is 0. The number of fused-ring (bicyclic) bond motifs is 1. The van der Waals surface area contributed by atoms with Crippen LogP contribution in [0.25, 0.3) is 16.8 Å². The van der Waals surface area contributed by atoms with Crippen LogP contribution < -0.4 is 10.1 Å². The van der Waals surface area contributed by atoms with Crippen molar-refractivity contribution in [3.63, 3.8) is 0 Å². The van der Waals surface area contributed by atoms with Gasteiger partial charge in [0.25, 0.3) is 0 Å². The number of hydrogen-bond donors (Lipinski definition) is 1. The van der Waals surface area contributed by atoms with Crippen molar-refractivity contribution >= 4 is 63.2 Å². The van der Waals surface area contributed by atoms with Gasteiger partial charge in [-0.05, 0) is 47.4 Å². The van der Waals surface area contributed by atoms with Gasteiger partial charge >= 0.3 is 0 Å². The Morgan fingerprint density at radius 1 is 0.806 bits per heavy atom. The molecule has 0 aliphatic heterocycles. The number of carbonyl (C=O) groups excluding carboxylic acids is 1. The first kappa shape index (κ1) is 21.3. The molecular weight excluding hydrogens is 453 g/mol. The number of rotatable bonds is 5. The van der Waals surface area contributed by atoms with Crippen molar-refractivity contribution in [2.24, 2.45) is 0 Å². The van der Waals surface area contributed by atoms with Crippen LogP contribution in [0.3, 0.4) is 0 Å². The summed E-state index contributed by atoms with van der Waals surface area (Å²) in [4.78, 5) is 12.2. The highest BCUT2D eigenvalue weighted by Gasteiger charge is 2.11. The van der Waals surface area contributed by atoms with Crippen LogP contribution in [-0.4, -0.2) is 5.91 Å². The SMILES string of the molecule is O=C(/C=C/c1ccccc1Cl)Nc1ccc(Oc2ccc3ccccc3c2Cl)c(Cl)c1. The van der Waals surface area contributed by atoms with Gasteiger partial charge in [-0.25, -0.2) is 0 Å². The van der Waals surface area contributed by atoms with E-state index in [0.29, 0.717) is 32.3 Å². The predicted octanol–water partition coefficient (Wildman–Crippen LogP) is 8.24. The third kappa shape index (κ3) is 5.02. The molecule has 3 nitrogen and oxygen atoms in total. The number of nitrogens with one attached hydrogen (secondary N) is 1. The summed E-state index contributed by atoms with van der Waals surface area (Å²) < 4.78 is 5.92. The molecule has 1 amide bonds. The van der Waals surface area contributed by atoms with E-state index in [1.54, 1.807) is 36.4 Å². The summed E-state index contributed by atoms with van der Waals surface area (Å²) in [6.45, 7) is 0. The van der Waals surface area contributed by atoms with Crippen molar-refractivity contribution in [3.05, 3.63) is 106 Å². The second-order valence-electron chi connectivity index (χ2n) is 6.69. The summed E-state index contributed by atoms with van der Waals surface area (Å²) >= 11 is 19.0. The molecule has 6 heteroatoms. The number of halogens is 3. The normalized spacial score (nSPS) is 11.1. The standard InChI is InChI=1S/C25H16Cl3NO2/c26-20-8-4-2-6-17(20)10-14-24(30)29-18-11-13-22(21(27)15-18)31-23-12-9-16-5-1-3-7-19(16)25(23)28/h1-15H,(H,29,30)/b14-10+. The Balaban J connectivity index is 1.48. The molecule has 0 aromatic heterocycles. The van der Waals surface area contributed by atoms with Gasteiger partial charge in [0.05, 0.1) is 10.0 Å². The number of anilines is 1. The lowest BCUT2D eigenvalue weighted by Crippen LogP contribution is -2.07. The fourth-order valence-electron chi connectivity index (χ4n) is 3.03. The molecule has 0 fully saturated rings. The summed E-state index contributed by atoms with van der Waals surface area (Å²) in [5, 5.41) is 6.11. The van der Waals surface area contributed by atoms with Crippen molar-refractivity contribution in [1.82, 2.24) is 0 Å². The lowest BCUT2D eigenvalue weighted by Gasteiger charge is -2.12. The van der Waals surface area contributed by atoms with Gasteiger partial charge in [-0.1, -0.05) is 83.3 Å². The van der Waals surface area contributed by atoms with E-state index in [4.69, 9.17) is 39.5 Å². The molecule has 0 spiro atoms. The van der Waals surface area contributed by atoms with Gasteiger partial charge in [0.1, 0.15) is 11.5 Å². The highest BCUT2D eigenvalue weighted by Crippen LogP contribution is 2.38. The maximum absolute atomic E-state index is 12.2. The van der Waals surface area contributed by atoms with Crippen molar-refractivity contribution in [1.29, 1.82) is 0 Å². The number of benzene rings is 4. The summed E-state index contributed by atoms with van der Waals surface area (Å²) in [5.74, 6) is 0.632. The highest BCUT2D eigenvalue weighted by atomic mass is 35.5. The predicted molar refractivity (Wildman–Crippen MR) is 130 cm³/mol. The van der Waals surface area contributed by atoms with Crippen molar-refractivity contribution in [3.8, 4) is 11.5 Å². The Hall–Kier alpha value is -2.98. The summed E-state index contributed by atoms with van der Waals surface area (Å²) in [5.41, 5.74) is 1.30. The van der Waals surface area contributed by atoms with E-state index in [0.717, 1.165) is 16.3 Å². The van der Waals surface area contributed by atoms with Crippen LogP contribution in [0.15, 0.2) is 84.9 Å². The molecule has 0 saturated heterocycles. The van der Waals surface area contributed by atoms with E-state index in [1.165, 1.54) is 6.08 Å². The molecule has 0 radical (unpaired) electrons. The molecule has 4 rings (SSSR count). The van der Waals surface area contributed by atoms with Gasteiger partial charge in [0.2, 0.25) is 5.91 Å². The first-order chi connectivity index (χ1) is 15.0. The van der Waals surface area contributed by atoms with E-state index in [1.807, 2.05) is 48.5 Å². The first-order valence-corrected chi connectivity index (χ1v) is 10.5. The lowest BCUT2D eigenvalue weighted by atomic mass is 10.1. The van der Waals surface area contributed by atoms with E-state index >= 15 is 0 Å². The van der Waals surface area contributed by atoms with Crippen molar-refractivity contribution < 1.29 is 9.53 Å². The molecule has 0 heterocycles. The maximum atomic E-state index is 12.2. The molecule has 0 aliphatic rings. The minimum atomic E-state index is -0.303. The fraction of sp³-hybridized carbons (Fsp3) is 0. The molecule has 1 N–H and O–H groups in total. The van der Waals surface area contributed by atoms with Crippen LogP contribution in [0.2, 0.25) is 15.1 Å². The van der Waals surface area contributed by atoms with Gasteiger partial charge in [-0.3, -0.25) is 4.79 Å². The Bertz CT molecular complexity index is 1300. The molecular formula is C25H16Cl3NO2. The number of amides is 1. The molecule has 0 bridgehead atoms. The van der Waals surface area contributed by atoms with Gasteiger partial charge in [-0.2, -0.15) is 0 Å². The van der Waals surface area contributed by atoms with E-state index < -0.39 is 0 Å². The molecule has 31 heavy (non-hydrogen) atoms. The Morgan fingerprint density at radius 3 is 2.35 bits per heavy atom. The minimum Gasteiger partial charge on any atom is -0.454 e. The second-order valence-corrected chi connectivity index (χ2v) is 7.88. The Labute approximate surface area is 194 Å². The van der Waals surface area contributed by atoms with Crippen LogP contribution >= 0.6 is 34.8 Å². The van der Waals surface area contributed by atoms with E-state index in [-0.39, 0.29) is 5.91 Å². The summed E-state index contributed by atoms with van der Waals surface area (Å²) in [6.07, 6.45) is 3.06. The molecule has 0 saturated carbocycles. The first-order valence-electron chi connectivity index (χ1n) is 9.39. The fourth-order valence-corrected chi connectivity index (χ4v) is 3.72. The van der Waals surface area contributed by atoms with Gasteiger partial charge < -0.3 is 10.1 Å². The molecule has 0 unspecified atom stereocenters. The molecule has 0 atom stereocenters. The monoisotopic (exact) mass is 467 g/mol. The zero-order valence-electron chi connectivity index (χ0n) is 16.1. The smallest absolute Gasteiger partial charge is 0.248 e. The van der Waals surface area contributed by atoms with Crippen LogP contribution in [0.1, 0.15) is 5.56 Å². The Morgan fingerprint density at radius 2 is 1.55 bits per heavy atom. The van der Waals surface area contributed by atoms with Crippen molar-refractivity contribution in [2.45, 2.75) is 0 Å². The lowest BCUT2D eigenvalue weighted by molar-refractivity contribution is -0.111. The Kier molecular flexibility index (Phi) is 6.47. The highest BCUT2D eigenvalue weighted by molar-refractivity contribution is 6.37. The average Bonchev–Trinajstić information content (AvgIpc) is 2.77. The minimum absolute atomic E-state index is 0.303. The van der Waals surface area contributed by atoms with E-state index in [9.17, 15) is 4.79 Å². The molecule has 154 valence electrons. The van der Waals surface area contributed by atoms with Crippen LogP contribution in [0.4, 0.5) is 5.69 Å². The van der Waals surface area contributed by atoms with Gasteiger partial charge in [0, 0.05) is 22.2 Å². The van der Waals surface area contributed by atoms with Crippen LogP contribution in [0, 0.1) is 0 Å². The van der Waals surface area contributed by atoms with Gasteiger partial charge in [-0.15, -0.1) is 0 Å². The van der Waals surface area contributed by atoms with E-state index in [2.05, 4.69) is 5.32 Å². The third-order valence-corrected chi connectivity index (χ3v) is 5.60. The molecule has 4 aromatic carbocycles. The topological polar surface area (TPSA) is 38.3 Å². The third-order valence-electron chi connectivity index (χ3n) is 4.57. The maximum Gasteiger partial charge on any atom is 0.248 e. The zero-order valence-corrected chi connectivity index (χ0v) is 18.4. The number of hydrogen-bond acceptors (Lipinski definition) is 2. The molecule has 0 aliphatic carbocycles. The quantitative estimate of drug-likeness (QED) is 0.299. The van der Waals surface area contributed by atoms with Crippen LogP contribution in [-0.2, 0) is 4.79 Å². The largest absolute Gasteiger partial charge is 0.454 e. The summed E-state index contributed by atoms with van der Waals surface area (Å²) in [6, 6.07) is 23.8. The number of carbonyl (C=O) groups is 1. The zero-order chi connectivity index (χ0) is 21.8. The van der Waals surface area contributed by atoms with Crippen LogP contribution in [0.5, 0.6) is 11.5 Å². The number of ether oxygens (including phenoxy) is 1. The molecule has 4 aromatic rings. The average molecular weight is 469 g/mol. The van der Waals surface area contributed by atoms with Crippen molar-refractivity contribution in [2.75, 3.05) is 5.32 Å².